The number of anilines is 1. The summed E-state index contributed by atoms with van der Waals surface area (Å²) in [5.41, 5.74) is 0.987. The van der Waals surface area contributed by atoms with Gasteiger partial charge in [0.05, 0.1) is 6.61 Å². The topological polar surface area (TPSA) is 122 Å². The zero-order valence-electron chi connectivity index (χ0n) is 19.2. The lowest BCUT2D eigenvalue weighted by molar-refractivity contribution is -0.126. The summed E-state index contributed by atoms with van der Waals surface area (Å²) in [5, 5.41) is 2.68. The number of amides is 1. The molecule has 4 rings (SSSR count). The highest BCUT2D eigenvalue weighted by Gasteiger charge is 2.34. The molecule has 2 aliphatic heterocycles. The van der Waals surface area contributed by atoms with Crippen LogP contribution in [0.15, 0.2) is 40.0 Å². The first-order chi connectivity index (χ1) is 16.4. The highest BCUT2D eigenvalue weighted by molar-refractivity contribution is 7.89. The third-order valence-corrected chi connectivity index (χ3v) is 7.96. The minimum atomic E-state index is -3.89. The van der Waals surface area contributed by atoms with Gasteiger partial charge in [-0.05, 0) is 62.4 Å². The molecule has 2 aliphatic rings. The van der Waals surface area contributed by atoms with Gasteiger partial charge < -0.3 is 19.4 Å². The zero-order chi connectivity index (χ0) is 24.1. The van der Waals surface area contributed by atoms with Gasteiger partial charge in [0.1, 0.15) is 5.82 Å². The molecule has 4 heterocycles. The molecule has 2 saturated heterocycles. The molecule has 2 aromatic heterocycles. The number of hydrogen-bond acceptors (Lipinski definition) is 8. The van der Waals surface area contributed by atoms with Crippen LogP contribution in [0.2, 0.25) is 0 Å². The number of ether oxygens (including phenoxy) is 1. The number of carbonyl (C=O) groups excluding carboxylic acids is 2. The van der Waals surface area contributed by atoms with Crippen LogP contribution in [0, 0.1) is 5.92 Å². The van der Waals surface area contributed by atoms with E-state index in [0.29, 0.717) is 19.4 Å². The molecule has 1 N–H and O–H groups in total. The van der Waals surface area contributed by atoms with Gasteiger partial charge in [-0.1, -0.05) is 0 Å². The Bertz CT molecular complexity index is 1120. The summed E-state index contributed by atoms with van der Waals surface area (Å²) in [5.74, 6) is -0.274. The number of carbonyl (C=O) groups is 2. The van der Waals surface area contributed by atoms with Gasteiger partial charge in [-0.15, -0.1) is 0 Å². The predicted molar refractivity (Wildman–Crippen MR) is 124 cm³/mol. The summed E-state index contributed by atoms with van der Waals surface area (Å²) in [6.45, 7) is 4.64. The average Bonchev–Trinajstić information content (AvgIpc) is 3.56. The summed E-state index contributed by atoms with van der Waals surface area (Å²) >= 11 is 0. The molecule has 34 heavy (non-hydrogen) atoms. The van der Waals surface area contributed by atoms with Crippen LogP contribution in [0.3, 0.4) is 0 Å². The molecule has 0 unspecified atom stereocenters. The lowest BCUT2D eigenvalue weighted by atomic mass is 9.97. The first-order valence-corrected chi connectivity index (χ1v) is 13.1. The standard InChI is InChI=1S/C23H30N4O6S/c1-2-32-23(29)19-5-6-21(33-19)34(30,31)27-13-8-18(9-14-27)22(28)25-16-17-7-10-24-20(15-17)26-11-3-4-12-26/h5-7,10,15,18H,2-4,8-9,11-14,16H2,1H3,(H,25,28). The molecule has 0 aromatic carbocycles. The van der Waals surface area contributed by atoms with Crippen molar-refractivity contribution < 1.29 is 27.2 Å². The second kappa shape index (κ2) is 10.6. The van der Waals surface area contributed by atoms with Crippen LogP contribution in [-0.2, 0) is 26.1 Å². The van der Waals surface area contributed by atoms with Crippen LogP contribution in [0.1, 0.15) is 48.7 Å². The van der Waals surface area contributed by atoms with Crippen LogP contribution < -0.4 is 10.2 Å². The van der Waals surface area contributed by atoms with Crippen LogP contribution in [0.5, 0.6) is 0 Å². The molecule has 0 atom stereocenters. The average molecular weight is 491 g/mol. The highest BCUT2D eigenvalue weighted by Crippen LogP contribution is 2.26. The van der Waals surface area contributed by atoms with Crippen molar-refractivity contribution in [3.05, 3.63) is 41.8 Å². The normalized spacial score (nSPS) is 17.6. The Morgan fingerprint density at radius 1 is 1.15 bits per heavy atom. The van der Waals surface area contributed by atoms with Gasteiger partial charge in [0, 0.05) is 44.8 Å². The van der Waals surface area contributed by atoms with Crippen molar-refractivity contribution >= 4 is 27.7 Å². The number of rotatable bonds is 8. The fourth-order valence-electron chi connectivity index (χ4n) is 4.28. The van der Waals surface area contributed by atoms with Gasteiger partial charge in [-0.3, -0.25) is 4.79 Å². The Kier molecular flexibility index (Phi) is 7.52. The Morgan fingerprint density at radius 3 is 2.59 bits per heavy atom. The third-order valence-electron chi connectivity index (χ3n) is 6.18. The molecule has 11 heteroatoms. The molecule has 0 bridgehead atoms. The molecular weight excluding hydrogens is 460 g/mol. The van der Waals surface area contributed by atoms with Crippen molar-refractivity contribution in [2.75, 3.05) is 37.7 Å². The van der Waals surface area contributed by atoms with Crippen molar-refractivity contribution in [1.29, 1.82) is 0 Å². The van der Waals surface area contributed by atoms with E-state index < -0.39 is 16.0 Å². The van der Waals surface area contributed by atoms with Gasteiger partial charge in [-0.25, -0.2) is 18.2 Å². The van der Waals surface area contributed by atoms with E-state index in [9.17, 15) is 18.0 Å². The monoisotopic (exact) mass is 490 g/mol. The maximum atomic E-state index is 12.9. The van der Waals surface area contributed by atoms with Crippen molar-refractivity contribution in [1.82, 2.24) is 14.6 Å². The van der Waals surface area contributed by atoms with Crippen molar-refractivity contribution in [2.24, 2.45) is 5.92 Å². The van der Waals surface area contributed by atoms with Crippen LogP contribution >= 0.6 is 0 Å². The lowest BCUT2D eigenvalue weighted by Crippen LogP contribution is -2.42. The molecule has 2 fully saturated rings. The molecule has 184 valence electrons. The smallest absolute Gasteiger partial charge is 0.374 e. The second-order valence-electron chi connectivity index (χ2n) is 8.45. The quantitative estimate of drug-likeness (QED) is 0.559. The minimum Gasteiger partial charge on any atom is -0.460 e. The molecule has 0 saturated carbocycles. The van der Waals surface area contributed by atoms with Crippen molar-refractivity contribution in [3.8, 4) is 0 Å². The van der Waals surface area contributed by atoms with E-state index in [-0.39, 0.29) is 42.4 Å². The fraction of sp³-hybridized carbons (Fsp3) is 0.522. The molecule has 1 amide bonds. The van der Waals surface area contributed by atoms with E-state index in [1.807, 2.05) is 12.1 Å². The van der Waals surface area contributed by atoms with E-state index in [1.54, 1.807) is 13.1 Å². The fourth-order valence-corrected chi connectivity index (χ4v) is 5.66. The van der Waals surface area contributed by atoms with E-state index in [0.717, 1.165) is 24.5 Å². The molecular formula is C23H30N4O6S. The third kappa shape index (κ3) is 5.41. The molecule has 10 nitrogen and oxygen atoms in total. The number of sulfonamides is 1. The Balaban J connectivity index is 1.29. The summed E-state index contributed by atoms with van der Waals surface area (Å²) in [4.78, 5) is 31.1. The number of nitrogens with one attached hydrogen (secondary N) is 1. The van der Waals surface area contributed by atoms with E-state index in [1.165, 1.54) is 29.3 Å². The van der Waals surface area contributed by atoms with E-state index in [2.05, 4.69) is 15.2 Å². The number of furan rings is 1. The Morgan fingerprint density at radius 2 is 1.88 bits per heavy atom. The first kappa shape index (κ1) is 24.2. The van der Waals surface area contributed by atoms with E-state index >= 15 is 0 Å². The molecule has 2 aromatic rings. The summed E-state index contributed by atoms with van der Waals surface area (Å²) < 4.78 is 37.1. The highest BCUT2D eigenvalue weighted by atomic mass is 32.2. The number of nitrogens with zero attached hydrogens (tertiary/aromatic N) is 3. The van der Waals surface area contributed by atoms with Gasteiger partial charge in [0.25, 0.3) is 10.0 Å². The first-order valence-electron chi connectivity index (χ1n) is 11.6. The van der Waals surface area contributed by atoms with Crippen LogP contribution in [0.25, 0.3) is 0 Å². The van der Waals surface area contributed by atoms with Crippen LogP contribution in [-0.4, -0.2) is 62.4 Å². The Hall–Kier alpha value is -2.92. The number of esters is 1. The van der Waals surface area contributed by atoms with Gasteiger partial charge in [0.2, 0.25) is 16.8 Å². The number of pyridine rings is 1. The molecule has 0 aliphatic carbocycles. The minimum absolute atomic E-state index is 0.0841. The van der Waals surface area contributed by atoms with Crippen molar-refractivity contribution in [2.45, 2.75) is 44.2 Å². The summed E-state index contributed by atoms with van der Waals surface area (Å²) in [7, 11) is -3.89. The summed E-state index contributed by atoms with van der Waals surface area (Å²) in [6.07, 6.45) is 4.92. The number of aromatic nitrogens is 1. The number of hydrogen-bond donors (Lipinski definition) is 1. The van der Waals surface area contributed by atoms with Gasteiger partial charge in [-0.2, -0.15) is 4.31 Å². The summed E-state index contributed by atoms with van der Waals surface area (Å²) in [6, 6.07) is 6.45. The maximum Gasteiger partial charge on any atom is 0.374 e. The molecule has 0 radical (unpaired) electrons. The second-order valence-corrected chi connectivity index (χ2v) is 10.3. The van der Waals surface area contributed by atoms with E-state index in [4.69, 9.17) is 9.15 Å². The predicted octanol–water partition coefficient (Wildman–Crippen LogP) is 2.17. The molecule has 0 spiro atoms. The largest absolute Gasteiger partial charge is 0.460 e. The van der Waals surface area contributed by atoms with Gasteiger partial charge in [0.15, 0.2) is 0 Å². The SMILES string of the molecule is CCOC(=O)c1ccc(S(=O)(=O)N2CCC(C(=O)NCc3ccnc(N4CCCC4)c3)CC2)o1. The zero-order valence-corrected chi connectivity index (χ0v) is 20.1. The van der Waals surface area contributed by atoms with Gasteiger partial charge >= 0.3 is 5.97 Å². The van der Waals surface area contributed by atoms with Crippen molar-refractivity contribution in [3.63, 3.8) is 0 Å². The Labute approximate surface area is 199 Å². The number of piperidine rings is 1. The lowest BCUT2D eigenvalue weighted by Gasteiger charge is -2.29. The maximum absolute atomic E-state index is 12.9. The van der Waals surface area contributed by atoms with Crippen LogP contribution in [0.4, 0.5) is 5.82 Å².